The Balaban J connectivity index is 1.51. The number of amides is 1. The Bertz CT molecular complexity index is 727. The van der Waals surface area contributed by atoms with Crippen LogP contribution in [0.5, 0.6) is 5.75 Å². The molecular weight excluding hydrogens is 402 g/mol. The number of halogens is 2. The molecule has 0 atom stereocenters. The van der Waals surface area contributed by atoms with Crippen molar-refractivity contribution in [2.45, 2.75) is 38.0 Å². The molecule has 0 saturated heterocycles. The van der Waals surface area contributed by atoms with Crippen LogP contribution in [-0.4, -0.2) is 12.5 Å². The lowest BCUT2D eigenvalue weighted by molar-refractivity contribution is -0.118. The Hall–Kier alpha value is -1.52. The molecule has 25 heavy (non-hydrogen) atoms. The molecule has 3 nitrogen and oxygen atoms in total. The summed E-state index contributed by atoms with van der Waals surface area (Å²) < 4.78 is 6.45. The lowest BCUT2D eigenvalue weighted by atomic mass is 9.84. The highest BCUT2D eigenvalue weighted by atomic mass is 79.9. The van der Waals surface area contributed by atoms with Crippen molar-refractivity contribution in [1.82, 2.24) is 0 Å². The Morgan fingerprint density at radius 3 is 2.52 bits per heavy atom. The molecule has 0 unspecified atom stereocenters. The maximum atomic E-state index is 12.0. The van der Waals surface area contributed by atoms with Crippen molar-refractivity contribution in [3.05, 3.63) is 57.5 Å². The number of nitrogens with one attached hydrogen (secondary N) is 1. The molecule has 0 heterocycles. The number of rotatable bonds is 5. The summed E-state index contributed by atoms with van der Waals surface area (Å²) in [5, 5.41) is 3.24. The van der Waals surface area contributed by atoms with Gasteiger partial charge in [-0.3, -0.25) is 4.79 Å². The number of hydrogen-bond acceptors (Lipinski definition) is 2. The van der Waals surface area contributed by atoms with Crippen LogP contribution in [0.3, 0.4) is 0 Å². The number of hydrogen-bond donors (Lipinski definition) is 1. The SMILES string of the molecule is O=C(COc1ccc(C2CCCCC2)cc1)Nc1ccc(Br)cc1Cl. The Kier molecular flexibility index (Phi) is 6.38. The monoisotopic (exact) mass is 421 g/mol. The van der Waals surface area contributed by atoms with E-state index in [0.29, 0.717) is 22.4 Å². The molecule has 0 radical (unpaired) electrons. The fraction of sp³-hybridized carbons (Fsp3) is 0.350. The fourth-order valence-corrected chi connectivity index (χ4v) is 3.92. The van der Waals surface area contributed by atoms with Crippen molar-refractivity contribution in [3.8, 4) is 5.75 Å². The molecule has 0 spiro atoms. The summed E-state index contributed by atoms with van der Waals surface area (Å²) in [7, 11) is 0. The molecule has 1 fully saturated rings. The predicted octanol–water partition coefficient (Wildman–Crippen LogP) is 6.17. The van der Waals surface area contributed by atoms with Gasteiger partial charge in [-0.2, -0.15) is 0 Å². The van der Waals surface area contributed by atoms with E-state index in [2.05, 4.69) is 33.4 Å². The van der Waals surface area contributed by atoms with Crippen molar-refractivity contribution in [1.29, 1.82) is 0 Å². The number of ether oxygens (including phenoxy) is 1. The maximum Gasteiger partial charge on any atom is 0.262 e. The molecule has 1 amide bonds. The van der Waals surface area contributed by atoms with Gasteiger partial charge in [-0.25, -0.2) is 0 Å². The second kappa shape index (κ2) is 8.72. The quantitative estimate of drug-likeness (QED) is 0.626. The number of anilines is 1. The van der Waals surface area contributed by atoms with Crippen molar-refractivity contribution in [2.24, 2.45) is 0 Å². The van der Waals surface area contributed by atoms with Crippen molar-refractivity contribution in [2.75, 3.05) is 11.9 Å². The van der Waals surface area contributed by atoms with Crippen LogP contribution in [0.2, 0.25) is 5.02 Å². The molecular formula is C20H21BrClNO2. The van der Waals surface area contributed by atoms with Crippen LogP contribution >= 0.6 is 27.5 Å². The van der Waals surface area contributed by atoms with Gasteiger partial charge < -0.3 is 10.1 Å². The lowest BCUT2D eigenvalue weighted by Gasteiger charge is -2.22. The van der Waals surface area contributed by atoms with Gasteiger partial charge in [0.1, 0.15) is 5.75 Å². The average Bonchev–Trinajstić information content (AvgIpc) is 2.63. The van der Waals surface area contributed by atoms with E-state index < -0.39 is 0 Å². The molecule has 2 aromatic rings. The molecule has 0 bridgehead atoms. The molecule has 0 aromatic heterocycles. The van der Waals surface area contributed by atoms with Gasteiger partial charge in [0.15, 0.2) is 6.61 Å². The molecule has 132 valence electrons. The van der Waals surface area contributed by atoms with Gasteiger partial charge in [-0.1, -0.05) is 58.9 Å². The van der Waals surface area contributed by atoms with E-state index in [1.54, 1.807) is 12.1 Å². The first-order valence-electron chi connectivity index (χ1n) is 8.59. The normalized spacial score (nSPS) is 15.0. The summed E-state index contributed by atoms with van der Waals surface area (Å²) in [4.78, 5) is 12.0. The molecule has 1 aliphatic carbocycles. The van der Waals surface area contributed by atoms with Gasteiger partial charge in [0.2, 0.25) is 0 Å². The van der Waals surface area contributed by atoms with Crippen LogP contribution in [0, 0.1) is 0 Å². The highest BCUT2D eigenvalue weighted by Crippen LogP contribution is 2.33. The average molecular weight is 423 g/mol. The third kappa shape index (κ3) is 5.23. The van der Waals surface area contributed by atoms with E-state index >= 15 is 0 Å². The zero-order valence-corrected chi connectivity index (χ0v) is 16.3. The van der Waals surface area contributed by atoms with E-state index in [9.17, 15) is 4.79 Å². The summed E-state index contributed by atoms with van der Waals surface area (Å²) >= 11 is 9.43. The van der Waals surface area contributed by atoms with Crippen LogP contribution in [0.1, 0.15) is 43.6 Å². The first-order chi connectivity index (χ1) is 12.1. The Morgan fingerprint density at radius 1 is 1.12 bits per heavy atom. The van der Waals surface area contributed by atoms with E-state index in [1.165, 1.54) is 37.7 Å². The van der Waals surface area contributed by atoms with Crippen LogP contribution in [0.15, 0.2) is 46.9 Å². The highest BCUT2D eigenvalue weighted by Gasteiger charge is 2.15. The van der Waals surface area contributed by atoms with Crippen molar-refractivity contribution in [3.63, 3.8) is 0 Å². The standard InChI is InChI=1S/C20H21BrClNO2/c21-16-8-11-19(18(22)12-16)23-20(24)13-25-17-9-6-15(7-10-17)14-4-2-1-3-5-14/h6-12,14H,1-5,13H2,(H,23,24). The highest BCUT2D eigenvalue weighted by molar-refractivity contribution is 9.10. The van der Waals surface area contributed by atoms with E-state index in [1.807, 2.05) is 18.2 Å². The largest absolute Gasteiger partial charge is 0.484 e. The maximum absolute atomic E-state index is 12.0. The summed E-state index contributed by atoms with van der Waals surface area (Å²) in [6.07, 6.45) is 6.55. The minimum absolute atomic E-state index is 0.0465. The third-order valence-electron chi connectivity index (χ3n) is 4.53. The van der Waals surface area contributed by atoms with E-state index in [0.717, 1.165) is 4.47 Å². The molecule has 1 aliphatic rings. The number of carbonyl (C=O) groups excluding carboxylic acids is 1. The first-order valence-corrected chi connectivity index (χ1v) is 9.76. The van der Waals surface area contributed by atoms with Gasteiger partial charge in [0, 0.05) is 4.47 Å². The molecule has 0 aliphatic heterocycles. The number of carbonyl (C=O) groups is 1. The Labute approximate surface area is 161 Å². The van der Waals surface area contributed by atoms with Crippen LogP contribution in [0.4, 0.5) is 5.69 Å². The summed E-state index contributed by atoms with van der Waals surface area (Å²) in [6.45, 7) is -0.0465. The van der Waals surface area contributed by atoms with Gasteiger partial charge in [0.25, 0.3) is 5.91 Å². The van der Waals surface area contributed by atoms with Crippen molar-refractivity contribution >= 4 is 39.1 Å². The van der Waals surface area contributed by atoms with Gasteiger partial charge >= 0.3 is 0 Å². The minimum atomic E-state index is -0.236. The summed E-state index contributed by atoms with van der Waals surface area (Å²) in [6, 6.07) is 13.5. The Morgan fingerprint density at radius 2 is 1.84 bits per heavy atom. The van der Waals surface area contributed by atoms with Gasteiger partial charge in [0.05, 0.1) is 10.7 Å². The van der Waals surface area contributed by atoms with Gasteiger partial charge in [-0.05, 0) is 54.7 Å². The topological polar surface area (TPSA) is 38.3 Å². The molecule has 2 aromatic carbocycles. The lowest BCUT2D eigenvalue weighted by Crippen LogP contribution is -2.20. The molecule has 5 heteroatoms. The van der Waals surface area contributed by atoms with Crippen molar-refractivity contribution < 1.29 is 9.53 Å². The predicted molar refractivity (Wildman–Crippen MR) is 106 cm³/mol. The van der Waals surface area contributed by atoms with Crippen LogP contribution < -0.4 is 10.1 Å². The summed E-state index contributed by atoms with van der Waals surface area (Å²) in [5.74, 6) is 1.14. The summed E-state index contributed by atoms with van der Waals surface area (Å²) in [5.41, 5.74) is 1.95. The second-order valence-corrected chi connectivity index (χ2v) is 7.69. The van der Waals surface area contributed by atoms with Crippen LogP contribution in [0.25, 0.3) is 0 Å². The van der Waals surface area contributed by atoms with Crippen LogP contribution in [-0.2, 0) is 4.79 Å². The zero-order chi connectivity index (χ0) is 17.6. The minimum Gasteiger partial charge on any atom is -0.484 e. The molecule has 3 rings (SSSR count). The number of benzene rings is 2. The smallest absolute Gasteiger partial charge is 0.262 e. The third-order valence-corrected chi connectivity index (χ3v) is 5.34. The second-order valence-electron chi connectivity index (χ2n) is 6.36. The fourth-order valence-electron chi connectivity index (χ4n) is 3.20. The first kappa shape index (κ1) is 18.3. The molecule has 1 N–H and O–H groups in total. The van der Waals surface area contributed by atoms with E-state index in [4.69, 9.17) is 16.3 Å². The van der Waals surface area contributed by atoms with E-state index in [-0.39, 0.29) is 12.5 Å². The molecule has 1 saturated carbocycles. The zero-order valence-electron chi connectivity index (χ0n) is 13.9. The van der Waals surface area contributed by atoms with Gasteiger partial charge in [-0.15, -0.1) is 0 Å².